The van der Waals surface area contributed by atoms with Crippen molar-refractivity contribution in [3.8, 4) is 0 Å². The molecule has 0 heterocycles. The summed E-state index contributed by atoms with van der Waals surface area (Å²) in [4.78, 5) is 53.4. The molecule has 6 aromatic rings. The minimum absolute atomic E-state index is 0.213. The van der Waals surface area contributed by atoms with Gasteiger partial charge in [-0.05, 0) is 237 Å². The van der Waals surface area contributed by atoms with Crippen molar-refractivity contribution in [3.05, 3.63) is 211 Å². The van der Waals surface area contributed by atoms with Crippen LogP contribution in [0.3, 0.4) is 0 Å². The van der Waals surface area contributed by atoms with Crippen LogP contribution in [0, 0.1) is 108 Å². The second kappa shape index (κ2) is 61.8. The van der Waals surface area contributed by atoms with Crippen LogP contribution in [0.4, 0.5) is 22.0 Å². The van der Waals surface area contributed by atoms with Crippen LogP contribution in [0.2, 0.25) is 5.02 Å². The lowest BCUT2D eigenvalue weighted by atomic mass is 9.79. The van der Waals surface area contributed by atoms with Crippen LogP contribution in [-0.2, 0) is 79.5 Å². The zero-order chi connectivity index (χ0) is 92.4. The first-order valence-electron chi connectivity index (χ1n) is 45.1. The van der Waals surface area contributed by atoms with Crippen molar-refractivity contribution in [3.63, 3.8) is 0 Å². The fourth-order valence-corrected chi connectivity index (χ4v) is 12.2. The van der Waals surface area contributed by atoms with Gasteiger partial charge in [0.25, 0.3) is 0 Å². The van der Waals surface area contributed by atoms with Gasteiger partial charge in [-0.15, -0.1) is 0 Å². The van der Waals surface area contributed by atoms with E-state index in [0.717, 1.165) is 104 Å². The van der Waals surface area contributed by atoms with Crippen LogP contribution in [0.25, 0.3) is 0 Å². The standard InChI is InChI=1S/C17H28.C15H24.C11H15Cl.C11H13F3.C11H16.C10H12F2.C8H14O.C7H12O.C7H14O.C6H12O.C5H10O/c1-13(2)11-14(3)12-15-7-9-16(10-8-15)17(4,5)6;1-12(2)6-7-13-8-10-14(11-9-13)15(3,4)5;1-8(2)6-10-4-5-11(12)7-9(10)3;1-8(2)7-9-3-5-10(6-4-9)11(12,13)14;1-9(2)8-11-6-4-10(3)5-7-11;1-7(2)5-8-3-4-9(11)6-10(8)12;1-6(2)8(9)7-4-3-5-7;1-5(2)7(8)6-3-4-6;1-4-5-7(8)6(2)3;1-4-6(7)5(2)3;1-4(2)5(3)6/h7-10,13-14H,11-12H2,1-6H3;8-12H,6-7H2,1-5H3;4-5,7-8H,6H2,1-3H3;3-6,8H,7H2,1-2H3;4-7,9H,8H2,1-3H3;3-4,6-7H,5H2,1-2H3;6-7H,3-5H2,1-2H3;5-6H,3-4H2,1-2H3;6H,4-5H2,1-3H3;5H,4H2,1-3H3;4H,1-3H3. The van der Waals surface area contributed by atoms with Gasteiger partial charge in [-0.25, -0.2) is 8.78 Å². The minimum Gasteiger partial charge on any atom is -0.300 e. The summed E-state index contributed by atoms with van der Waals surface area (Å²) in [6, 6.07) is 42.3. The Morgan fingerprint density at radius 2 is 0.782 bits per heavy atom. The molecular formula is C108H170ClF5O5. The molecule has 0 N–H and O–H groups in total. The summed E-state index contributed by atoms with van der Waals surface area (Å²) in [5, 5.41) is 0.833. The lowest BCUT2D eigenvalue weighted by molar-refractivity contribution is -0.137. The summed E-state index contributed by atoms with van der Waals surface area (Å²) in [6.07, 6.45) is 12.9. The molecule has 1 atom stereocenters. The van der Waals surface area contributed by atoms with E-state index in [-0.39, 0.29) is 46.2 Å². The van der Waals surface area contributed by atoms with Gasteiger partial charge in [0.2, 0.25) is 0 Å². The van der Waals surface area contributed by atoms with E-state index in [0.29, 0.717) is 71.1 Å². The Morgan fingerprint density at radius 1 is 0.412 bits per heavy atom. The van der Waals surface area contributed by atoms with Crippen LogP contribution in [0.1, 0.15) is 347 Å². The number of carbonyl (C=O) groups is 5. The third kappa shape index (κ3) is 60.7. The Bertz CT molecular complexity index is 3600. The number of benzene rings is 6. The summed E-state index contributed by atoms with van der Waals surface area (Å²) in [5.74, 6) is 7.78. The zero-order valence-electron chi connectivity index (χ0n) is 81.4. The highest BCUT2D eigenvalue weighted by Crippen LogP contribution is 2.33. The number of hydrogen-bond donors (Lipinski definition) is 0. The van der Waals surface area contributed by atoms with Crippen LogP contribution in [-0.4, -0.2) is 28.9 Å². The predicted molar refractivity (Wildman–Crippen MR) is 505 cm³/mol. The number of ketones is 5. The molecule has 1 unspecified atom stereocenters. The van der Waals surface area contributed by atoms with E-state index in [9.17, 15) is 45.9 Å². The van der Waals surface area contributed by atoms with E-state index in [1.165, 1.54) is 95.2 Å². The maximum absolute atomic E-state index is 13.0. The van der Waals surface area contributed by atoms with Crippen LogP contribution in [0.5, 0.6) is 0 Å². The van der Waals surface area contributed by atoms with Gasteiger partial charge in [-0.1, -0.05) is 335 Å². The molecule has 6 aromatic carbocycles. The Balaban J connectivity index is -0.00000126. The largest absolute Gasteiger partial charge is 0.416 e. The van der Waals surface area contributed by atoms with Gasteiger partial charge in [0.1, 0.15) is 40.6 Å². The molecule has 11 heteroatoms. The fraction of sp³-hybridized carbons (Fsp3) is 0.620. The number of rotatable bonds is 25. The monoisotopic (exact) mass is 1680 g/mol. The van der Waals surface area contributed by atoms with Gasteiger partial charge < -0.3 is 0 Å². The maximum Gasteiger partial charge on any atom is 0.416 e. The summed E-state index contributed by atoms with van der Waals surface area (Å²) in [7, 11) is 0. The number of Topliss-reactive ketones (excluding diaryl/α,β-unsaturated/α-hetero) is 5. The fourth-order valence-electron chi connectivity index (χ4n) is 12.0. The van der Waals surface area contributed by atoms with Gasteiger partial charge in [0.05, 0.1) is 5.56 Å². The summed E-state index contributed by atoms with van der Waals surface area (Å²) in [6.45, 7) is 71.3. The summed E-state index contributed by atoms with van der Waals surface area (Å²) < 4.78 is 62.0. The smallest absolute Gasteiger partial charge is 0.300 e. The van der Waals surface area contributed by atoms with Crippen LogP contribution in [0.15, 0.2) is 133 Å². The average molecular weight is 1680 g/mol. The Kier molecular flexibility index (Phi) is 60.7. The van der Waals surface area contributed by atoms with Crippen LogP contribution < -0.4 is 0 Å². The second-order valence-electron chi connectivity index (χ2n) is 39.3. The lowest BCUT2D eigenvalue weighted by Gasteiger charge is -2.25. The van der Waals surface area contributed by atoms with E-state index >= 15 is 0 Å². The van der Waals surface area contributed by atoms with Gasteiger partial charge in [-0.3, -0.25) is 24.0 Å². The molecule has 674 valence electrons. The highest BCUT2D eigenvalue weighted by atomic mass is 35.5. The molecule has 0 radical (unpaired) electrons. The first-order valence-corrected chi connectivity index (χ1v) is 45.5. The molecule has 2 aliphatic carbocycles. The maximum atomic E-state index is 13.0. The van der Waals surface area contributed by atoms with Gasteiger partial charge >= 0.3 is 6.18 Å². The molecule has 2 fully saturated rings. The molecule has 119 heavy (non-hydrogen) atoms. The number of alkyl halides is 3. The summed E-state index contributed by atoms with van der Waals surface area (Å²) in [5.41, 5.74) is 12.8. The van der Waals surface area contributed by atoms with E-state index in [1.807, 2.05) is 123 Å². The molecule has 0 spiro atoms. The normalized spacial score (nSPS) is 12.6. The molecular weight excluding hydrogens is 1510 g/mol. The van der Waals surface area contributed by atoms with Crippen molar-refractivity contribution in [2.75, 3.05) is 0 Å². The Morgan fingerprint density at radius 3 is 1.06 bits per heavy atom. The van der Waals surface area contributed by atoms with Crippen molar-refractivity contribution < 1.29 is 45.9 Å². The van der Waals surface area contributed by atoms with Gasteiger partial charge in [0.15, 0.2) is 0 Å². The molecule has 0 bridgehead atoms. The van der Waals surface area contributed by atoms with Crippen molar-refractivity contribution in [1.29, 1.82) is 0 Å². The first-order chi connectivity index (χ1) is 54.9. The molecule has 8 rings (SSSR count). The highest BCUT2D eigenvalue weighted by Gasteiger charge is 2.31. The minimum atomic E-state index is -4.23. The first kappa shape index (κ1) is 117. The molecule has 0 amide bonds. The third-order valence-electron chi connectivity index (χ3n) is 19.9. The molecule has 0 aliphatic heterocycles. The number of carbonyl (C=O) groups excluding carboxylic acids is 5. The SMILES string of the molecule is CC(=O)C(C)C.CC(C)C(=O)C1CC1.CC(C)C(=O)C1CCC1.CC(C)CC(C)Cc1ccc(C(C)(C)C)cc1.CC(C)CCc1ccc(C(C)(C)C)cc1.CC(C)Cc1ccc(C(F)(F)F)cc1.CC(C)Cc1ccc(F)cc1F.CCC(=O)C(C)C.CCCC(=O)C(C)C.Cc1cc(Cl)ccc1CC(C)C.Cc1ccc(CC(C)C)cc1. The van der Waals surface area contributed by atoms with E-state index in [2.05, 4.69) is 197 Å². The van der Waals surface area contributed by atoms with Gasteiger partial charge in [-0.2, -0.15) is 13.2 Å². The second-order valence-corrected chi connectivity index (χ2v) is 39.7. The number of aryl methyl sites for hydroxylation is 3. The number of halogens is 6. The van der Waals surface area contributed by atoms with Crippen molar-refractivity contribution in [2.24, 2.45) is 82.9 Å². The average Bonchev–Trinajstić information content (AvgIpc) is 1.71. The Labute approximate surface area is 731 Å². The number of hydrogen-bond acceptors (Lipinski definition) is 5. The predicted octanol–water partition coefficient (Wildman–Crippen LogP) is 32.4. The van der Waals surface area contributed by atoms with Crippen LogP contribution >= 0.6 is 11.6 Å². The van der Waals surface area contributed by atoms with Crippen molar-refractivity contribution in [2.45, 2.75) is 355 Å². The van der Waals surface area contributed by atoms with E-state index < -0.39 is 23.4 Å². The van der Waals surface area contributed by atoms with E-state index in [4.69, 9.17) is 11.6 Å². The molecule has 5 nitrogen and oxygen atoms in total. The summed E-state index contributed by atoms with van der Waals surface area (Å²) >= 11 is 5.85. The Hall–Kier alpha value is -6.39. The molecule has 2 saturated carbocycles. The highest BCUT2D eigenvalue weighted by molar-refractivity contribution is 6.30. The molecule has 0 saturated heterocycles. The third-order valence-corrected chi connectivity index (χ3v) is 20.2. The van der Waals surface area contributed by atoms with Crippen molar-refractivity contribution in [1.82, 2.24) is 0 Å². The zero-order valence-corrected chi connectivity index (χ0v) is 82.2. The van der Waals surface area contributed by atoms with Crippen molar-refractivity contribution >= 4 is 40.5 Å². The molecule has 0 aromatic heterocycles. The lowest BCUT2D eigenvalue weighted by Crippen LogP contribution is -2.25. The van der Waals surface area contributed by atoms with Gasteiger partial charge in [0, 0.05) is 65.4 Å². The topological polar surface area (TPSA) is 85.3 Å². The molecule has 2 aliphatic rings. The van der Waals surface area contributed by atoms with E-state index in [1.54, 1.807) is 19.1 Å². The quantitative estimate of drug-likeness (QED) is 0.0533.